The maximum Gasteiger partial charge on any atom is 0.355 e. The van der Waals surface area contributed by atoms with Crippen LogP contribution >= 0.6 is 0 Å². The average Bonchev–Trinajstić information content (AvgIpc) is 1.58. The first-order valence-corrected chi connectivity index (χ1v) is 2.94. The van der Waals surface area contributed by atoms with Gasteiger partial charge in [0, 0.05) is 6.42 Å². The summed E-state index contributed by atoms with van der Waals surface area (Å²) in [6, 6.07) is 0. The normalized spacial score (nSPS) is 9.80. The van der Waals surface area contributed by atoms with E-state index in [2.05, 4.69) is 0 Å². The minimum atomic E-state index is -1.20. The molecule has 0 aliphatic carbocycles. The fraction of sp³-hybridized carbons (Fsp3) is 0.667. The van der Waals surface area contributed by atoms with Crippen LogP contribution in [0.25, 0.3) is 0 Å². The van der Waals surface area contributed by atoms with Gasteiger partial charge in [0.2, 0.25) is 0 Å². The highest BCUT2D eigenvalue weighted by Gasteiger charge is 2.11. The SMILES string of the molecule is CC(CC([O])=O)CC(=O)O. The molecule has 1 atom stereocenters. The molecular formula is C6H9O4. The summed E-state index contributed by atoms with van der Waals surface area (Å²) >= 11 is 0. The zero-order chi connectivity index (χ0) is 8.15. The molecule has 0 aliphatic heterocycles. The van der Waals surface area contributed by atoms with Crippen molar-refractivity contribution in [3.63, 3.8) is 0 Å². The van der Waals surface area contributed by atoms with E-state index in [1.54, 1.807) is 6.92 Å². The van der Waals surface area contributed by atoms with Gasteiger partial charge in [-0.3, -0.25) is 4.79 Å². The molecule has 0 rings (SSSR count). The molecule has 0 aromatic carbocycles. The van der Waals surface area contributed by atoms with Crippen molar-refractivity contribution in [2.45, 2.75) is 19.8 Å². The Morgan fingerprint density at radius 2 is 1.90 bits per heavy atom. The van der Waals surface area contributed by atoms with Crippen molar-refractivity contribution >= 4 is 11.9 Å². The van der Waals surface area contributed by atoms with Crippen LogP contribution in [-0.4, -0.2) is 17.0 Å². The molecule has 0 saturated heterocycles. The van der Waals surface area contributed by atoms with E-state index in [0.29, 0.717) is 0 Å². The molecule has 0 fully saturated rings. The Morgan fingerprint density at radius 3 is 2.20 bits per heavy atom. The van der Waals surface area contributed by atoms with Gasteiger partial charge >= 0.3 is 11.9 Å². The van der Waals surface area contributed by atoms with Crippen LogP contribution in [0.3, 0.4) is 0 Å². The standard InChI is InChI=1S/C6H9O4/c1-4(2-5(7)8)3-6(9)10/h4H,2-3H2,1H3,(H,7,8). The third-order valence-electron chi connectivity index (χ3n) is 1.04. The second-order valence-corrected chi connectivity index (χ2v) is 2.28. The molecule has 4 heteroatoms. The molecule has 0 spiro atoms. The lowest BCUT2D eigenvalue weighted by Gasteiger charge is -2.01. The van der Waals surface area contributed by atoms with E-state index in [0.717, 1.165) is 0 Å². The summed E-state index contributed by atoms with van der Waals surface area (Å²) in [5.74, 6) is -2.52. The Bertz CT molecular complexity index is 125. The summed E-state index contributed by atoms with van der Waals surface area (Å²) in [5.41, 5.74) is 0. The molecular weight excluding hydrogens is 136 g/mol. The summed E-state index contributed by atoms with van der Waals surface area (Å²) in [4.78, 5) is 19.9. The number of carboxylic acids is 1. The molecule has 1 unspecified atom stereocenters. The van der Waals surface area contributed by atoms with Crippen molar-refractivity contribution in [2.24, 2.45) is 5.92 Å². The van der Waals surface area contributed by atoms with Crippen LogP contribution in [0.4, 0.5) is 0 Å². The molecule has 10 heavy (non-hydrogen) atoms. The van der Waals surface area contributed by atoms with Crippen LogP contribution in [0.2, 0.25) is 0 Å². The average molecular weight is 145 g/mol. The van der Waals surface area contributed by atoms with Gasteiger partial charge in [0.15, 0.2) is 0 Å². The van der Waals surface area contributed by atoms with E-state index in [9.17, 15) is 14.7 Å². The molecule has 1 N–H and O–H groups in total. The maximum atomic E-state index is 9.98. The molecule has 4 nitrogen and oxygen atoms in total. The summed E-state index contributed by atoms with van der Waals surface area (Å²) in [6.45, 7) is 1.56. The molecule has 0 saturated carbocycles. The number of carboxylic acid groups (broad SMARTS) is 1. The van der Waals surface area contributed by atoms with Gasteiger partial charge in [-0.25, -0.2) is 9.90 Å². The van der Waals surface area contributed by atoms with Gasteiger partial charge in [-0.05, 0) is 5.92 Å². The van der Waals surface area contributed by atoms with E-state index < -0.39 is 11.9 Å². The quantitative estimate of drug-likeness (QED) is 0.623. The molecule has 57 valence electrons. The number of hydrogen-bond donors (Lipinski definition) is 1. The Balaban J connectivity index is 3.53. The van der Waals surface area contributed by atoms with Gasteiger partial charge in [0.1, 0.15) is 0 Å². The fourth-order valence-corrected chi connectivity index (χ4v) is 0.655. The highest BCUT2D eigenvalue weighted by Crippen LogP contribution is 2.06. The predicted octanol–water partition coefficient (Wildman–Crippen LogP) is 0.444. The van der Waals surface area contributed by atoms with Crippen molar-refractivity contribution in [1.82, 2.24) is 0 Å². The van der Waals surface area contributed by atoms with Gasteiger partial charge < -0.3 is 5.11 Å². The summed E-state index contributed by atoms with van der Waals surface area (Å²) in [6.07, 6.45) is -0.305. The van der Waals surface area contributed by atoms with E-state index in [-0.39, 0.29) is 18.8 Å². The van der Waals surface area contributed by atoms with Crippen molar-refractivity contribution in [2.75, 3.05) is 0 Å². The first kappa shape index (κ1) is 8.94. The third-order valence-corrected chi connectivity index (χ3v) is 1.04. The topological polar surface area (TPSA) is 74.3 Å². The Kier molecular flexibility index (Phi) is 3.46. The number of rotatable bonds is 4. The molecule has 0 heterocycles. The first-order valence-electron chi connectivity index (χ1n) is 2.94. The van der Waals surface area contributed by atoms with Crippen LogP contribution < -0.4 is 0 Å². The van der Waals surface area contributed by atoms with Crippen molar-refractivity contribution in [3.8, 4) is 0 Å². The summed E-state index contributed by atoms with van der Waals surface area (Å²) in [5, 5.41) is 18.1. The van der Waals surface area contributed by atoms with Crippen molar-refractivity contribution in [3.05, 3.63) is 0 Å². The van der Waals surface area contributed by atoms with Gasteiger partial charge in [-0.2, -0.15) is 0 Å². The number of carbonyl (C=O) groups is 2. The molecule has 0 amide bonds. The molecule has 0 aromatic rings. The van der Waals surface area contributed by atoms with Gasteiger partial charge in [0.05, 0.1) is 6.42 Å². The lowest BCUT2D eigenvalue weighted by atomic mass is 10.1. The van der Waals surface area contributed by atoms with Gasteiger partial charge in [-0.1, -0.05) is 6.92 Å². The number of hydrogen-bond acceptors (Lipinski definition) is 2. The van der Waals surface area contributed by atoms with E-state index in [1.165, 1.54) is 0 Å². The third kappa shape index (κ3) is 5.08. The number of carbonyl (C=O) groups excluding carboxylic acids is 1. The Hall–Kier alpha value is -1.06. The lowest BCUT2D eigenvalue weighted by Crippen LogP contribution is -2.08. The zero-order valence-corrected chi connectivity index (χ0v) is 5.66. The Labute approximate surface area is 58.5 Å². The molecule has 0 bridgehead atoms. The van der Waals surface area contributed by atoms with E-state index >= 15 is 0 Å². The minimum Gasteiger partial charge on any atom is -0.481 e. The smallest absolute Gasteiger partial charge is 0.355 e. The van der Waals surface area contributed by atoms with Crippen LogP contribution in [0.15, 0.2) is 0 Å². The Morgan fingerprint density at radius 1 is 1.40 bits per heavy atom. The predicted molar refractivity (Wildman–Crippen MR) is 31.7 cm³/mol. The second kappa shape index (κ2) is 3.87. The highest BCUT2D eigenvalue weighted by molar-refractivity contribution is 5.70. The van der Waals surface area contributed by atoms with Crippen LogP contribution in [-0.2, 0) is 14.7 Å². The molecule has 1 radical (unpaired) electrons. The molecule has 0 aromatic heterocycles. The zero-order valence-electron chi connectivity index (χ0n) is 5.66. The highest BCUT2D eigenvalue weighted by atomic mass is 16.4. The lowest BCUT2D eigenvalue weighted by molar-refractivity contribution is -0.144. The van der Waals surface area contributed by atoms with E-state index in [4.69, 9.17) is 5.11 Å². The maximum absolute atomic E-state index is 9.98. The van der Waals surface area contributed by atoms with Gasteiger partial charge in [-0.15, -0.1) is 0 Å². The minimum absolute atomic E-state index is 0.117. The first-order chi connectivity index (χ1) is 4.52. The summed E-state index contributed by atoms with van der Waals surface area (Å²) < 4.78 is 0. The van der Waals surface area contributed by atoms with Crippen molar-refractivity contribution < 1.29 is 19.8 Å². The van der Waals surface area contributed by atoms with Crippen LogP contribution in [0, 0.1) is 5.92 Å². The largest absolute Gasteiger partial charge is 0.481 e. The second-order valence-electron chi connectivity index (χ2n) is 2.28. The molecule has 0 aliphatic rings. The monoisotopic (exact) mass is 145 g/mol. The van der Waals surface area contributed by atoms with Crippen LogP contribution in [0.1, 0.15) is 19.8 Å². The van der Waals surface area contributed by atoms with Crippen molar-refractivity contribution in [1.29, 1.82) is 0 Å². The summed E-state index contributed by atoms with van der Waals surface area (Å²) in [7, 11) is 0. The van der Waals surface area contributed by atoms with Gasteiger partial charge in [0.25, 0.3) is 0 Å². The number of aliphatic carboxylic acids is 1. The van der Waals surface area contributed by atoms with E-state index in [1.807, 2.05) is 0 Å². The fourth-order valence-electron chi connectivity index (χ4n) is 0.655. The van der Waals surface area contributed by atoms with Crippen LogP contribution in [0.5, 0.6) is 0 Å².